The number of benzene rings is 2. The number of hydrogen-bond acceptors (Lipinski definition) is 4. The third-order valence-corrected chi connectivity index (χ3v) is 4.68. The molecule has 2 aromatic carbocycles. The third-order valence-electron chi connectivity index (χ3n) is 4.68. The first kappa shape index (κ1) is 17.7. The maximum atomic E-state index is 12.8. The topological polar surface area (TPSA) is 83.9 Å². The van der Waals surface area contributed by atoms with Gasteiger partial charge in [-0.3, -0.25) is 9.59 Å². The Bertz CT molecular complexity index is 1210. The minimum Gasteiger partial charge on any atom is -0.334 e. The van der Waals surface area contributed by atoms with Crippen molar-refractivity contribution in [3.8, 4) is 11.4 Å². The molecule has 0 saturated heterocycles. The van der Waals surface area contributed by atoms with Crippen molar-refractivity contribution in [1.29, 1.82) is 0 Å². The highest BCUT2D eigenvalue weighted by atomic mass is 16.2. The quantitative estimate of drug-likeness (QED) is 0.596. The number of nitrogens with one attached hydrogen (secondary N) is 1. The number of nitrogens with zero attached hydrogens (tertiary/aromatic N) is 4. The standard InChI is InChI=1S/C21H19N5O2/c1-25(13-18-23-16-10-6-7-11-17(16)26(18)2)21(28)15-12-22-19(24-20(15)27)14-8-4-3-5-9-14/h3-12H,13H2,1-2H3,(H,22,24,27). The number of hydrogen-bond donors (Lipinski definition) is 1. The molecule has 0 unspecified atom stereocenters. The van der Waals surface area contributed by atoms with Crippen molar-refractivity contribution < 1.29 is 4.79 Å². The Morgan fingerprint density at radius 1 is 1.11 bits per heavy atom. The van der Waals surface area contributed by atoms with Gasteiger partial charge < -0.3 is 14.5 Å². The maximum Gasteiger partial charge on any atom is 0.264 e. The van der Waals surface area contributed by atoms with E-state index >= 15 is 0 Å². The van der Waals surface area contributed by atoms with Crippen LogP contribution in [0, 0.1) is 0 Å². The highest BCUT2D eigenvalue weighted by Crippen LogP contribution is 2.16. The van der Waals surface area contributed by atoms with Gasteiger partial charge in [0, 0.05) is 25.9 Å². The van der Waals surface area contributed by atoms with Gasteiger partial charge in [0.05, 0.1) is 17.6 Å². The van der Waals surface area contributed by atoms with Crippen molar-refractivity contribution >= 4 is 16.9 Å². The molecule has 0 saturated carbocycles. The smallest absolute Gasteiger partial charge is 0.264 e. The van der Waals surface area contributed by atoms with Crippen molar-refractivity contribution in [3.63, 3.8) is 0 Å². The van der Waals surface area contributed by atoms with E-state index in [4.69, 9.17) is 0 Å². The predicted octanol–water partition coefficient (Wildman–Crippen LogP) is 2.60. The molecule has 4 aromatic rings. The van der Waals surface area contributed by atoms with E-state index in [1.807, 2.05) is 66.2 Å². The fourth-order valence-electron chi connectivity index (χ4n) is 3.12. The summed E-state index contributed by atoms with van der Waals surface area (Å²) in [5, 5.41) is 0. The van der Waals surface area contributed by atoms with Gasteiger partial charge in [-0.05, 0) is 12.1 Å². The monoisotopic (exact) mass is 373 g/mol. The summed E-state index contributed by atoms with van der Waals surface area (Å²) < 4.78 is 1.94. The summed E-state index contributed by atoms with van der Waals surface area (Å²) >= 11 is 0. The van der Waals surface area contributed by atoms with Crippen LogP contribution in [0.25, 0.3) is 22.4 Å². The number of carbonyl (C=O) groups excluding carboxylic acids is 1. The molecule has 1 N–H and O–H groups in total. The van der Waals surface area contributed by atoms with E-state index in [2.05, 4.69) is 15.0 Å². The molecule has 0 aliphatic heterocycles. The Kier molecular flexibility index (Phi) is 4.49. The van der Waals surface area contributed by atoms with Gasteiger partial charge in [-0.15, -0.1) is 0 Å². The molecule has 0 aliphatic carbocycles. The molecule has 0 radical (unpaired) electrons. The number of imidazole rings is 1. The normalized spacial score (nSPS) is 10.9. The number of carbonyl (C=O) groups is 1. The fourth-order valence-corrected chi connectivity index (χ4v) is 3.12. The zero-order valence-electron chi connectivity index (χ0n) is 15.6. The van der Waals surface area contributed by atoms with Crippen LogP contribution in [0.4, 0.5) is 0 Å². The van der Waals surface area contributed by atoms with Crippen molar-refractivity contribution in [3.05, 3.63) is 82.5 Å². The van der Waals surface area contributed by atoms with E-state index in [1.54, 1.807) is 7.05 Å². The minimum atomic E-state index is -0.462. The molecule has 7 heteroatoms. The molecule has 140 valence electrons. The number of rotatable bonds is 4. The Morgan fingerprint density at radius 3 is 2.54 bits per heavy atom. The van der Waals surface area contributed by atoms with Crippen LogP contribution < -0.4 is 5.56 Å². The second-order valence-corrected chi connectivity index (χ2v) is 6.58. The second-order valence-electron chi connectivity index (χ2n) is 6.58. The molecule has 1 amide bonds. The molecule has 0 bridgehead atoms. The van der Waals surface area contributed by atoms with Crippen molar-refractivity contribution in [1.82, 2.24) is 24.4 Å². The largest absolute Gasteiger partial charge is 0.334 e. The first-order chi connectivity index (χ1) is 13.5. The van der Waals surface area contributed by atoms with Gasteiger partial charge in [-0.25, -0.2) is 9.97 Å². The average molecular weight is 373 g/mol. The molecule has 4 rings (SSSR count). The lowest BCUT2D eigenvalue weighted by Gasteiger charge is -2.16. The average Bonchev–Trinajstić information content (AvgIpc) is 3.03. The lowest BCUT2D eigenvalue weighted by Crippen LogP contribution is -2.32. The van der Waals surface area contributed by atoms with Crippen LogP contribution in [0.15, 0.2) is 65.6 Å². The number of aromatic nitrogens is 4. The van der Waals surface area contributed by atoms with Gasteiger partial charge in [0.25, 0.3) is 11.5 Å². The number of aryl methyl sites for hydroxylation is 1. The first-order valence-corrected chi connectivity index (χ1v) is 8.85. The van der Waals surface area contributed by atoms with Gasteiger partial charge in [-0.1, -0.05) is 42.5 Å². The predicted molar refractivity (Wildman–Crippen MR) is 107 cm³/mol. The summed E-state index contributed by atoms with van der Waals surface area (Å²) in [7, 11) is 3.55. The van der Waals surface area contributed by atoms with Crippen LogP contribution >= 0.6 is 0 Å². The zero-order valence-corrected chi connectivity index (χ0v) is 15.6. The highest BCUT2D eigenvalue weighted by Gasteiger charge is 2.19. The molecule has 0 fully saturated rings. The van der Waals surface area contributed by atoms with E-state index in [1.165, 1.54) is 11.1 Å². The summed E-state index contributed by atoms with van der Waals surface area (Å²) in [6.07, 6.45) is 1.33. The van der Waals surface area contributed by atoms with Gasteiger partial charge >= 0.3 is 0 Å². The molecular formula is C21H19N5O2. The zero-order chi connectivity index (χ0) is 19.7. The van der Waals surface area contributed by atoms with Crippen LogP contribution in [0.1, 0.15) is 16.2 Å². The summed E-state index contributed by atoms with van der Waals surface area (Å²) in [6, 6.07) is 17.1. The number of amides is 1. The minimum absolute atomic E-state index is 0.000875. The maximum absolute atomic E-state index is 12.8. The number of aromatic amines is 1. The first-order valence-electron chi connectivity index (χ1n) is 8.85. The summed E-state index contributed by atoms with van der Waals surface area (Å²) in [5.74, 6) is 0.767. The molecule has 2 heterocycles. The summed E-state index contributed by atoms with van der Waals surface area (Å²) in [5.41, 5.74) is 2.18. The van der Waals surface area contributed by atoms with Gasteiger partial charge in [0.15, 0.2) is 0 Å². The van der Waals surface area contributed by atoms with E-state index < -0.39 is 11.5 Å². The molecule has 0 spiro atoms. The third kappa shape index (κ3) is 3.18. The van der Waals surface area contributed by atoms with Crippen molar-refractivity contribution in [2.24, 2.45) is 7.05 Å². The SMILES string of the molecule is CN(Cc1nc2ccccc2n1C)C(=O)c1cnc(-c2ccccc2)[nH]c1=O. The highest BCUT2D eigenvalue weighted by molar-refractivity contribution is 5.93. The summed E-state index contributed by atoms with van der Waals surface area (Å²) in [4.78, 5) is 38.2. The van der Waals surface area contributed by atoms with Crippen LogP contribution in [0.3, 0.4) is 0 Å². The molecule has 7 nitrogen and oxygen atoms in total. The summed E-state index contributed by atoms with van der Waals surface area (Å²) in [6.45, 7) is 0.282. The lowest BCUT2D eigenvalue weighted by molar-refractivity contribution is 0.0778. The number of para-hydroxylation sites is 2. The number of H-pyrrole nitrogens is 1. The van der Waals surface area contributed by atoms with Crippen LogP contribution in [0.2, 0.25) is 0 Å². The van der Waals surface area contributed by atoms with Gasteiger partial charge in [0.2, 0.25) is 0 Å². The molecule has 28 heavy (non-hydrogen) atoms. The Labute approximate surface area is 161 Å². The van der Waals surface area contributed by atoms with Gasteiger partial charge in [0.1, 0.15) is 17.2 Å². The van der Waals surface area contributed by atoms with Crippen molar-refractivity contribution in [2.45, 2.75) is 6.54 Å². The van der Waals surface area contributed by atoms with E-state index in [9.17, 15) is 9.59 Å². The second kappa shape index (κ2) is 7.11. The molecule has 0 aliphatic rings. The molecular weight excluding hydrogens is 354 g/mol. The van der Waals surface area contributed by atoms with Crippen LogP contribution in [-0.2, 0) is 13.6 Å². The lowest BCUT2D eigenvalue weighted by atomic mass is 10.2. The molecule has 0 atom stereocenters. The Balaban J connectivity index is 1.58. The Morgan fingerprint density at radius 2 is 1.82 bits per heavy atom. The number of fused-ring (bicyclic) bond motifs is 1. The van der Waals surface area contributed by atoms with Crippen molar-refractivity contribution in [2.75, 3.05) is 7.05 Å². The van der Waals surface area contributed by atoms with E-state index in [-0.39, 0.29) is 12.1 Å². The van der Waals surface area contributed by atoms with Gasteiger partial charge in [-0.2, -0.15) is 0 Å². The van der Waals surface area contributed by atoms with E-state index in [0.717, 1.165) is 22.4 Å². The van der Waals surface area contributed by atoms with Crippen LogP contribution in [0.5, 0.6) is 0 Å². The van der Waals surface area contributed by atoms with Crippen LogP contribution in [-0.4, -0.2) is 37.4 Å². The Hall–Kier alpha value is -3.74. The fraction of sp³-hybridized carbons (Fsp3) is 0.143. The van der Waals surface area contributed by atoms with E-state index in [0.29, 0.717) is 5.82 Å². The molecule has 2 aromatic heterocycles.